The van der Waals surface area contributed by atoms with Gasteiger partial charge >= 0.3 is 13.7 Å². The number of benzene rings is 1. The van der Waals surface area contributed by atoms with Crippen molar-refractivity contribution in [2.45, 2.75) is 47.1 Å². The predicted molar refractivity (Wildman–Crippen MR) is 98.8 cm³/mol. The van der Waals surface area contributed by atoms with Crippen LogP contribution in [0.25, 0.3) is 10.9 Å². The van der Waals surface area contributed by atoms with Crippen molar-refractivity contribution in [3.05, 3.63) is 29.8 Å². The molecule has 1 heterocycles. The number of aromatic nitrogens is 1. The molecular weight excluding hydrogens is 341 g/mol. The molecule has 0 aliphatic rings. The zero-order valence-electron chi connectivity index (χ0n) is 15.7. The second-order valence-corrected chi connectivity index (χ2v) is 8.55. The third kappa shape index (κ3) is 3.97. The van der Waals surface area contributed by atoms with Gasteiger partial charge in [0.2, 0.25) is 0 Å². The summed E-state index contributed by atoms with van der Waals surface area (Å²) in [6.07, 6.45) is -0.605. The maximum Gasteiger partial charge on any atom is 0.419 e. The summed E-state index contributed by atoms with van der Waals surface area (Å²) in [6.45, 7) is 11.0. The van der Waals surface area contributed by atoms with Crippen LogP contribution >= 0.6 is 7.60 Å². The molecule has 0 aliphatic carbocycles. The monoisotopic (exact) mass is 367 g/mol. The van der Waals surface area contributed by atoms with Crippen LogP contribution in [-0.4, -0.2) is 29.5 Å². The molecule has 0 fully saturated rings. The molecule has 7 heteroatoms. The molecule has 2 aromatic rings. The van der Waals surface area contributed by atoms with Crippen molar-refractivity contribution in [1.29, 1.82) is 0 Å². The van der Waals surface area contributed by atoms with E-state index in [9.17, 15) is 9.36 Å². The number of fused-ring (bicyclic) bond motifs is 1. The number of hydrogen-bond donors (Lipinski definition) is 0. The van der Waals surface area contributed by atoms with Crippen LogP contribution in [0.1, 0.15) is 40.2 Å². The van der Waals surface area contributed by atoms with Crippen molar-refractivity contribution < 1.29 is 23.1 Å². The van der Waals surface area contributed by atoms with Gasteiger partial charge in [0.1, 0.15) is 11.0 Å². The van der Waals surface area contributed by atoms with Gasteiger partial charge in [-0.05, 0) is 53.2 Å². The highest BCUT2D eigenvalue weighted by atomic mass is 31.2. The van der Waals surface area contributed by atoms with Crippen molar-refractivity contribution in [1.82, 2.24) is 4.57 Å². The van der Waals surface area contributed by atoms with Crippen LogP contribution in [0.5, 0.6) is 0 Å². The molecule has 1 aromatic heterocycles. The largest absolute Gasteiger partial charge is 0.443 e. The molecule has 0 unspecified atom stereocenters. The first kappa shape index (κ1) is 19.7. The van der Waals surface area contributed by atoms with E-state index in [1.807, 2.05) is 25.1 Å². The van der Waals surface area contributed by atoms with E-state index in [2.05, 4.69) is 0 Å². The van der Waals surface area contributed by atoms with Crippen molar-refractivity contribution in [3.8, 4) is 0 Å². The van der Waals surface area contributed by atoms with Gasteiger partial charge in [-0.3, -0.25) is 4.57 Å². The van der Waals surface area contributed by atoms with E-state index in [0.717, 1.165) is 5.39 Å². The fraction of sp³-hybridized carbons (Fsp3) is 0.500. The fourth-order valence-corrected chi connectivity index (χ4v) is 4.67. The molecule has 0 saturated carbocycles. The molecule has 1 aromatic carbocycles. The van der Waals surface area contributed by atoms with E-state index in [0.29, 0.717) is 11.1 Å². The minimum atomic E-state index is -3.68. The number of carbonyl (C=O) groups excluding carboxylic acids is 1. The molecule has 2 rings (SSSR count). The summed E-state index contributed by atoms with van der Waals surface area (Å²) in [5, 5.41) is 0.808. The zero-order valence-corrected chi connectivity index (χ0v) is 16.6. The summed E-state index contributed by atoms with van der Waals surface area (Å²) in [6, 6.07) is 7.35. The Morgan fingerprint density at radius 1 is 1.12 bits per heavy atom. The molecule has 6 nitrogen and oxygen atoms in total. The maximum atomic E-state index is 13.4. The fourth-order valence-electron chi connectivity index (χ4n) is 2.71. The van der Waals surface area contributed by atoms with Gasteiger partial charge in [0.25, 0.3) is 0 Å². The first-order valence-corrected chi connectivity index (χ1v) is 9.92. The molecule has 0 atom stereocenters. The van der Waals surface area contributed by atoms with Crippen LogP contribution in [0.2, 0.25) is 0 Å². The van der Waals surface area contributed by atoms with Crippen LogP contribution in [0, 0.1) is 6.92 Å². The molecule has 0 spiro atoms. The van der Waals surface area contributed by atoms with Crippen molar-refractivity contribution in [2.75, 3.05) is 13.2 Å². The van der Waals surface area contributed by atoms with E-state index in [1.54, 1.807) is 40.7 Å². The second kappa shape index (κ2) is 7.32. The van der Waals surface area contributed by atoms with Crippen molar-refractivity contribution in [3.63, 3.8) is 0 Å². The van der Waals surface area contributed by atoms with E-state index in [1.165, 1.54) is 4.57 Å². The molecule has 0 bridgehead atoms. The van der Waals surface area contributed by atoms with Gasteiger partial charge < -0.3 is 13.8 Å². The lowest BCUT2D eigenvalue weighted by Gasteiger charge is -2.23. The molecule has 0 amide bonds. The Balaban J connectivity index is 2.78. The van der Waals surface area contributed by atoms with Gasteiger partial charge in [0, 0.05) is 5.39 Å². The Morgan fingerprint density at radius 3 is 2.20 bits per heavy atom. The molecule has 25 heavy (non-hydrogen) atoms. The van der Waals surface area contributed by atoms with E-state index in [-0.39, 0.29) is 18.6 Å². The van der Waals surface area contributed by atoms with Crippen LogP contribution in [0.3, 0.4) is 0 Å². The number of para-hydroxylation sites is 1. The lowest BCUT2D eigenvalue weighted by atomic mass is 10.2. The average molecular weight is 367 g/mol. The summed E-state index contributed by atoms with van der Waals surface area (Å²) in [4.78, 5) is 12.9. The normalized spacial score (nSPS) is 12.6. The van der Waals surface area contributed by atoms with Crippen LogP contribution in [-0.2, 0) is 18.3 Å². The summed E-state index contributed by atoms with van der Waals surface area (Å²) >= 11 is 0. The molecule has 0 aliphatic heterocycles. The molecule has 0 radical (unpaired) electrons. The first-order valence-electron chi connectivity index (χ1n) is 8.37. The number of ether oxygens (including phenoxy) is 1. The summed E-state index contributed by atoms with van der Waals surface area (Å²) < 4.78 is 31.3. The quantitative estimate of drug-likeness (QED) is 0.721. The summed E-state index contributed by atoms with van der Waals surface area (Å²) in [5.41, 5.74) is 0.844. The minimum Gasteiger partial charge on any atom is -0.443 e. The average Bonchev–Trinajstić information content (AvgIpc) is 2.80. The lowest BCUT2D eigenvalue weighted by molar-refractivity contribution is 0.0547. The highest BCUT2D eigenvalue weighted by Crippen LogP contribution is 2.49. The third-order valence-corrected chi connectivity index (χ3v) is 5.78. The standard InChI is InChI=1S/C18H26NO5P/c1-7-22-25(21,23-8-2)16-13(3)14-11-9-10-12-15(14)19(16)17(20)24-18(4,5)6/h9-12H,7-8H2,1-6H3. The second-order valence-electron chi connectivity index (χ2n) is 6.61. The van der Waals surface area contributed by atoms with Gasteiger partial charge in [0.05, 0.1) is 18.7 Å². The Morgan fingerprint density at radius 2 is 1.68 bits per heavy atom. The number of carbonyl (C=O) groups is 1. The predicted octanol–water partition coefficient (Wildman–Crippen LogP) is 4.62. The molecule has 138 valence electrons. The summed E-state index contributed by atoms with van der Waals surface area (Å²) in [5.74, 6) is 0. The van der Waals surface area contributed by atoms with Crippen molar-refractivity contribution in [2.24, 2.45) is 0 Å². The van der Waals surface area contributed by atoms with Crippen LogP contribution in [0.15, 0.2) is 24.3 Å². The van der Waals surface area contributed by atoms with Gasteiger partial charge in [-0.2, -0.15) is 0 Å². The van der Waals surface area contributed by atoms with E-state index in [4.69, 9.17) is 13.8 Å². The van der Waals surface area contributed by atoms with Crippen LogP contribution in [0.4, 0.5) is 4.79 Å². The highest BCUT2D eigenvalue weighted by Gasteiger charge is 2.37. The Kier molecular flexibility index (Phi) is 5.77. The number of rotatable bonds is 5. The Bertz CT molecular complexity index is 809. The minimum absolute atomic E-state index is 0.201. The van der Waals surface area contributed by atoms with E-state index >= 15 is 0 Å². The van der Waals surface area contributed by atoms with E-state index < -0.39 is 19.3 Å². The topological polar surface area (TPSA) is 66.8 Å². The molecule has 0 N–H and O–H groups in total. The van der Waals surface area contributed by atoms with Gasteiger partial charge in [0.15, 0.2) is 0 Å². The summed E-state index contributed by atoms with van der Waals surface area (Å²) in [7, 11) is -3.68. The smallest absolute Gasteiger partial charge is 0.419 e. The maximum absolute atomic E-state index is 13.4. The van der Waals surface area contributed by atoms with Crippen molar-refractivity contribution >= 4 is 30.0 Å². The van der Waals surface area contributed by atoms with Gasteiger partial charge in [-0.15, -0.1) is 0 Å². The number of hydrogen-bond acceptors (Lipinski definition) is 5. The number of nitrogens with zero attached hydrogens (tertiary/aromatic N) is 1. The Labute approximate surface area is 148 Å². The highest BCUT2D eigenvalue weighted by molar-refractivity contribution is 7.62. The zero-order chi connectivity index (χ0) is 18.8. The van der Waals surface area contributed by atoms with Gasteiger partial charge in [-0.25, -0.2) is 9.36 Å². The van der Waals surface area contributed by atoms with Gasteiger partial charge in [-0.1, -0.05) is 18.2 Å². The first-order chi connectivity index (χ1) is 11.6. The lowest BCUT2D eigenvalue weighted by Crippen LogP contribution is -2.33. The molecule has 0 saturated heterocycles. The SMILES string of the molecule is CCOP(=O)(OCC)c1c(C)c2ccccc2n1C(=O)OC(C)(C)C. The Hall–Kier alpha value is -1.62. The third-order valence-electron chi connectivity index (χ3n) is 3.53. The number of aryl methyl sites for hydroxylation is 1. The molecular formula is C18H26NO5P. The van der Waals surface area contributed by atoms with Crippen LogP contribution < -0.4 is 5.44 Å².